The number of alkyl halides is 1. The van der Waals surface area contributed by atoms with E-state index in [2.05, 4.69) is 15.9 Å². The van der Waals surface area contributed by atoms with Gasteiger partial charge in [0.05, 0.1) is 5.02 Å². The normalized spacial score (nSPS) is 14.9. The van der Waals surface area contributed by atoms with Crippen molar-refractivity contribution in [1.29, 1.82) is 0 Å². The SMILES string of the molecule is CC(C)(C)c1cc(C(O)P(=O)(O)O)c(Cl)c(C(C)(C)C)c1CBr. The van der Waals surface area contributed by atoms with Crippen molar-refractivity contribution < 1.29 is 19.5 Å². The van der Waals surface area contributed by atoms with Gasteiger partial charge in [-0.05, 0) is 27.5 Å². The molecule has 0 fully saturated rings. The van der Waals surface area contributed by atoms with Crippen molar-refractivity contribution in [2.75, 3.05) is 0 Å². The van der Waals surface area contributed by atoms with E-state index in [1.807, 2.05) is 41.5 Å². The highest BCUT2D eigenvalue weighted by atomic mass is 79.9. The summed E-state index contributed by atoms with van der Waals surface area (Å²) in [5.74, 6) is -1.93. The molecular weight excluding hydrogens is 403 g/mol. The number of hydrogen-bond donors (Lipinski definition) is 3. The Labute approximate surface area is 151 Å². The first-order chi connectivity index (χ1) is 10.1. The highest BCUT2D eigenvalue weighted by Crippen LogP contribution is 2.54. The third kappa shape index (κ3) is 4.59. The predicted molar refractivity (Wildman–Crippen MR) is 98.5 cm³/mol. The Hall–Kier alpha value is 0.1000. The second-order valence-electron chi connectivity index (χ2n) is 7.78. The molecule has 0 aliphatic heterocycles. The number of aliphatic hydroxyl groups is 1. The van der Waals surface area contributed by atoms with Crippen LogP contribution >= 0.6 is 35.1 Å². The molecular formula is C16H25BrClO4P. The number of benzene rings is 1. The van der Waals surface area contributed by atoms with E-state index in [0.717, 1.165) is 16.7 Å². The van der Waals surface area contributed by atoms with Gasteiger partial charge in [0, 0.05) is 10.9 Å². The Balaban J connectivity index is 3.93. The van der Waals surface area contributed by atoms with Crippen molar-refractivity contribution >= 4 is 35.1 Å². The van der Waals surface area contributed by atoms with Crippen LogP contribution in [0.5, 0.6) is 0 Å². The van der Waals surface area contributed by atoms with Crippen LogP contribution in [0.3, 0.4) is 0 Å². The average Bonchev–Trinajstić information content (AvgIpc) is 2.32. The van der Waals surface area contributed by atoms with Crippen LogP contribution in [0.2, 0.25) is 5.02 Å². The minimum Gasteiger partial charge on any atom is -0.376 e. The molecule has 132 valence electrons. The fraction of sp³-hybridized carbons (Fsp3) is 0.625. The zero-order chi connectivity index (χ0) is 18.4. The molecule has 3 N–H and O–H groups in total. The molecule has 0 aromatic heterocycles. The summed E-state index contributed by atoms with van der Waals surface area (Å²) in [6, 6.07) is 1.62. The van der Waals surface area contributed by atoms with Gasteiger partial charge in [0.2, 0.25) is 0 Å². The van der Waals surface area contributed by atoms with Gasteiger partial charge < -0.3 is 14.9 Å². The fourth-order valence-corrected chi connectivity index (χ4v) is 4.46. The molecule has 1 atom stereocenters. The molecule has 23 heavy (non-hydrogen) atoms. The van der Waals surface area contributed by atoms with E-state index < -0.39 is 13.4 Å². The molecule has 0 aliphatic rings. The second kappa shape index (κ2) is 6.78. The minimum atomic E-state index is -4.71. The fourth-order valence-electron chi connectivity index (χ4n) is 2.68. The van der Waals surface area contributed by atoms with Crippen LogP contribution in [-0.4, -0.2) is 14.9 Å². The molecule has 0 saturated carbocycles. The average molecular weight is 428 g/mol. The smallest absolute Gasteiger partial charge is 0.358 e. The first-order valence-corrected chi connectivity index (χ1v) is 10.5. The largest absolute Gasteiger partial charge is 0.376 e. The highest BCUT2D eigenvalue weighted by molar-refractivity contribution is 9.08. The molecule has 4 nitrogen and oxygen atoms in total. The van der Waals surface area contributed by atoms with Crippen molar-refractivity contribution in [2.24, 2.45) is 0 Å². The molecule has 1 aromatic rings. The Bertz CT molecular complexity index is 641. The summed E-state index contributed by atoms with van der Waals surface area (Å²) in [4.78, 5) is 18.7. The maximum absolute atomic E-state index is 11.5. The van der Waals surface area contributed by atoms with Gasteiger partial charge in [-0.15, -0.1) is 0 Å². The lowest BCUT2D eigenvalue weighted by molar-refractivity contribution is 0.205. The van der Waals surface area contributed by atoms with E-state index in [9.17, 15) is 19.5 Å². The third-order valence-corrected chi connectivity index (χ3v) is 5.57. The van der Waals surface area contributed by atoms with Crippen molar-refractivity contribution in [2.45, 2.75) is 63.5 Å². The van der Waals surface area contributed by atoms with Crippen LogP contribution in [0, 0.1) is 0 Å². The Morgan fingerprint density at radius 2 is 1.65 bits per heavy atom. The second-order valence-corrected chi connectivity index (χ2v) is 10.4. The number of halogens is 2. The summed E-state index contributed by atoms with van der Waals surface area (Å²) in [6.45, 7) is 12.0. The van der Waals surface area contributed by atoms with Gasteiger partial charge >= 0.3 is 7.60 Å². The summed E-state index contributed by atoms with van der Waals surface area (Å²) in [7, 11) is -4.71. The lowest BCUT2D eigenvalue weighted by Gasteiger charge is -2.32. The van der Waals surface area contributed by atoms with Crippen LogP contribution in [0.25, 0.3) is 0 Å². The molecule has 0 aliphatic carbocycles. The van der Waals surface area contributed by atoms with E-state index in [-0.39, 0.29) is 21.4 Å². The van der Waals surface area contributed by atoms with Gasteiger partial charge in [-0.1, -0.05) is 75.1 Å². The molecule has 0 saturated heterocycles. The van der Waals surface area contributed by atoms with Gasteiger partial charge in [-0.2, -0.15) is 0 Å². The van der Waals surface area contributed by atoms with Gasteiger partial charge in [0.25, 0.3) is 0 Å². The zero-order valence-corrected chi connectivity index (χ0v) is 17.6. The molecule has 1 unspecified atom stereocenters. The zero-order valence-electron chi connectivity index (χ0n) is 14.3. The van der Waals surface area contributed by atoms with Crippen molar-refractivity contribution in [3.05, 3.63) is 33.3 Å². The number of rotatable bonds is 3. The van der Waals surface area contributed by atoms with Crippen LogP contribution in [0.4, 0.5) is 0 Å². The van der Waals surface area contributed by atoms with Crippen LogP contribution < -0.4 is 0 Å². The lowest BCUT2D eigenvalue weighted by Crippen LogP contribution is -2.23. The Morgan fingerprint density at radius 1 is 1.17 bits per heavy atom. The summed E-state index contributed by atoms with van der Waals surface area (Å²) in [6.07, 6.45) is 0. The van der Waals surface area contributed by atoms with Crippen molar-refractivity contribution in [3.63, 3.8) is 0 Å². The highest BCUT2D eigenvalue weighted by Gasteiger charge is 2.36. The maximum atomic E-state index is 11.5. The van der Waals surface area contributed by atoms with E-state index >= 15 is 0 Å². The van der Waals surface area contributed by atoms with Gasteiger partial charge in [-0.25, -0.2) is 0 Å². The standard InChI is InChI=1S/C16H25BrClO4P/c1-15(2,3)11-7-9(14(19)23(20,21)22)13(18)12(10(11)8-17)16(4,5)6/h7,14,19H,8H2,1-6H3,(H2,20,21,22). The summed E-state index contributed by atoms with van der Waals surface area (Å²) in [5, 5.41) is 10.9. The first-order valence-electron chi connectivity index (χ1n) is 7.27. The monoisotopic (exact) mass is 426 g/mol. The van der Waals surface area contributed by atoms with Gasteiger partial charge in [-0.3, -0.25) is 4.57 Å². The third-order valence-electron chi connectivity index (χ3n) is 3.69. The number of aliphatic hydroxyl groups excluding tert-OH is 1. The molecule has 1 aromatic carbocycles. The van der Waals surface area contributed by atoms with Gasteiger partial charge in [0.15, 0.2) is 5.85 Å². The lowest BCUT2D eigenvalue weighted by atomic mass is 9.75. The molecule has 0 spiro atoms. The predicted octanol–water partition coefficient (Wildman–Crippen LogP) is 5.00. The van der Waals surface area contributed by atoms with Crippen molar-refractivity contribution in [3.8, 4) is 0 Å². The molecule has 0 radical (unpaired) electrons. The van der Waals surface area contributed by atoms with Crippen LogP contribution in [0.15, 0.2) is 6.07 Å². The van der Waals surface area contributed by atoms with Crippen molar-refractivity contribution in [1.82, 2.24) is 0 Å². The Morgan fingerprint density at radius 3 is 1.96 bits per heavy atom. The summed E-state index contributed by atoms with van der Waals surface area (Å²) >= 11 is 9.98. The van der Waals surface area contributed by atoms with E-state index in [1.54, 1.807) is 6.07 Å². The van der Waals surface area contributed by atoms with Crippen LogP contribution in [0.1, 0.15) is 69.6 Å². The molecule has 0 heterocycles. The van der Waals surface area contributed by atoms with E-state index in [0.29, 0.717) is 5.33 Å². The maximum Gasteiger partial charge on any atom is 0.358 e. The molecule has 0 amide bonds. The minimum absolute atomic E-state index is 0.0829. The molecule has 0 bridgehead atoms. The topological polar surface area (TPSA) is 77.8 Å². The van der Waals surface area contributed by atoms with E-state index in [4.69, 9.17) is 11.6 Å². The summed E-state index contributed by atoms with van der Waals surface area (Å²) < 4.78 is 11.5. The first kappa shape index (κ1) is 21.1. The van der Waals surface area contributed by atoms with E-state index in [1.165, 1.54) is 0 Å². The van der Waals surface area contributed by atoms with Gasteiger partial charge in [0.1, 0.15) is 0 Å². The summed E-state index contributed by atoms with van der Waals surface area (Å²) in [5.41, 5.74) is 2.18. The quantitative estimate of drug-likeness (QED) is 0.469. The molecule has 1 rings (SSSR count). The number of hydrogen-bond acceptors (Lipinski definition) is 2. The molecule has 7 heteroatoms. The Kier molecular flexibility index (Phi) is 6.23. The van der Waals surface area contributed by atoms with Crippen LogP contribution in [-0.2, 0) is 20.7 Å².